The first kappa shape index (κ1) is 15.4. The zero-order valence-corrected chi connectivity index (χ0v) is 14.1. The molecule has 2 rings (SSSR count). The molecule has 0 aliphatic heterocycles. The lowest BCUT2D eigenvalue weighted by molar-refractivity contribution is 0.411. The predicted molar refractivity (Wildman–Crippen MR) is 81.5 cm³/mol. The second-order valence-electron chi connectivity index (χ2n) is 4.04. The van der Waals surface area contributed by atoms with Crippen LogP contribution in [0, 0.1) is 0 Å². The van der Waals surface area contributed by atoms with Crippen LogP contribution >= 0.6 is 27.3 Å². The Balaban J connectivity index is 2.27. The number of rotatable bonds is 5. The Kier molecular flexibility index (Phi) is 4.79. The van der Waals surface area contributed by atoms with Crippen LogP contribution in [0.5, 0.6) is 5.75 Å². The van der Waals surface area contributed by atoms with Gasteiger partial charge in [-0.25, -0.2) is 13.4 Å². The maximum atomic E-state index is 12.5. The average molecular weight is 377 g/mol. The average Bonchev–Trinajstić information content (AvgIpc) is 2.91. The number of hydrogen-bond donors (Lipinski definition) is 0. The van der Waals surface area contributed by atoms with Crippen molar-refractivity contribution in [1.82, 2.24) is 9.29 Å². The Morgan fingerprint density at radius 2 is 2.20 bits per heavy atom. The molecule has 0 unspecified atom stereocenters. The third kappa shape index (κ3) is 3.20. The van der Waals surface area contributed by atoms with Crippen molar-refractivity contribution in [3.05, 3.63) is 39.3 Å². The van der Waals surface area contributed by atoms with Gasteiger partial charge in [-0.2, -0.15) is 4.31 Å². The first-order chi connectivity index (χ1) is 9.45. The fourth-order valence-electron chi connectivity index (χ4n) is 1.62. The Morgan fingerprint density at radius 1 is 1.45 bits per heavy atom. The van der Waals surface area contributed by atoms with Gasteiger partial charge in [0.15, 0.2) is 0 Å². The Morgan fingerprint density at radius 3 is 2.75 bits per heavy atom. The highest BCUT2D eigenvalue weighted by Crippen LogP contribution is 2.28. The van der Waals surface area contributed by atoms with E-state index in [1.54, 1.807) is 11.6 Å². The number of thiazole rings is 1. The first-order valence-corrected chi connectivity index (χ1v) is 8.79. The molecule has 1 aromatic heterocycles. The molecule has 1 heterocycles. The summed E-state index contributed by atoms with van der Waals surface area (Å²) in [5.41, 5.74) is 2.41. The lowest BCUT2D eigenvalue weighted by Gasteiger charge is -2.16. The number of benzene rings is 1. The molecule has 0 radical (unpaired) electrons. The first-order valence-electron chi connectivity index (χ1n) is 5.62. The van der Waals surface area contributed by atoms with Crippen molar-refractivity contribution in [2.24, 2.45) is 0 Å². The lowest BCUT2D eigenvalue weighted by atomic mass is 10.3. The molecule has 0 spiro atoms. The maximum absolute atomic E-state index is 12.5. The predicted octanol–water partition coefficient (Wildman–Crippen LogP) is 2.73. The van der Waals surface area contributed by atoms with Gasteiger partial charge in [-0.05, 0) is 34.1 Å². The topological polar surface area (TPSA) is 59.5 Å². The summed E-state index contributed by atoms with van der Waals surface area (Å²) >= 11 is 4.73. The second-order valence-corrected chi connectivity index (χ2v) is 7.66. The van der Waals surface area contributed by atoms with Crippen LogP contribution in [0.2, 0.25) is 0 Å². The van der Waals surface area contributed by atoms with E-state index in [9.17, 15) is 8.42 Å². The molecular formula is C12H13BrN2O3S2. The van der Waals surface area contributed by atoms with Crippen LogP contribution in [0.1, 0.15) is 5.69 Å². The Labute approximate surface area is 130 Å². The van der Waals surface area contributed by atoms with Gasteiger partial charge in [-0.15, -0.1) is 11.3 Å². The van der Waals surface area contributed by atoms with Crippen molar-refractivity contribution >= 4 is 37.3 Å². The molecular weight excluding hydrogens is 364 g/mol. The van der Waals surface area contributed by atoms with E-state index in [0.717, 1.165) is 5.69 Å². The third-order valence-corrected chi connectivity index (χ3v) is 5.75. The van der Waals surface area contributed by atoms with E-state index in [1.165, 1.54) is 41.9 Å². The summed E-state index contributed by atoms with van der Waals surface area (Å²) in [7, 11) is -0.485. The molecule has 0 saturated heterocycles. The quantitative estimate of drug-likeness (QED) is 0.804. The fraction of sp³-hybridized carbons (Fsp3) is 0.250. The van der Waals surface area contributed by atoms with Crippen LogP contribution in [-0.2, 0) is 16.6 Å². The van der Waals surface area contributed by atoms with Crippen LogP contribution in [0.25, 0.3) is 0 Å². The standard InChI is InChI=1S/C12H13BrN2O3S2/c1-15(6-9-7-19-8-14-9)20(16,17)10-3-4-12(18-2)11(13)5-10/h3-5,7-8H,6H2,1-2H3. The summed E-state index contributed by atoms with van der Waals surface area (Å²) < 4.78 is 31.9. The summed E-state index contributed by atoms with van der Waals surface area (Å²) in [5.74, 6) is 0.589. The molecule has 0 aliphatic rings. The molecule has 8 heteroatoms. The summed E-state index contributed by atoms with van der Waals surface area (Å²) in [4.78, 5) is 4.30. The molecule has 20 heavy (non-hydrogen) atoms. The van der Waals surface area contributed by atoms with E-state index in [1.807, 2.05) is 5.38 Å². The number of nitrogens with zero attached hydrogens (tertiary/aromatic N) is 2. The zero-order chi connectivity index (χ0) is 14.8. The monoisotopic (exact) mass is 376 g/mol. The van der Waals surface area contributed by atoms with Gasteiger partial charge >= 0.3 is 0 Å². The van der Waals surface area contributed by atoms with Crippen LogP contribution in [0.15, 0.2) is 38.5 Å². The molecule has 1 aromatic carbocycles. The molecule has 108 valence electrons. The minimum Gasteiger partial charge on any atom is -0.496 e. The van der Waals surface area contributed by atoms with Crippen molar-refractivity contribution in [3.8, 4) is 5.75 Å². The molecule has 0 N–H and O–H groups in total. The van der Waals surface area contributed by atoms with Crippen molar-refractivity contribution in [2.45, 2.75) is 11.4 Å². The minimum atomic E-state index is -3.55. The number of methoxy groups -OCH3 is 1. The van der Waals surface area contributed by atoms with E-state index in [0.29, 0.717) is 10.2 Å². The van der Waals surface area contributed by atoms with Gasteiger partial charge in [0.2, 0.25) is 10.0 Å². The van der Waals surface area contributed by atoms with E-state index < -0.39 is 10.0 Å². The fourth-order valence-corrected chi connectivity index (χ4v) is 4.03. The molecule has 5 nitrogen and oxygen atoms in total. The number of halogens is 1. The molecule has 0 fully saturated rings. The normalized spacial score (nSPS) is 11.8. The number of ether oxygens (including phenoxy) is 1. The third-order valence-electron chi connectivity index (χ3n) is 2.70. The van der Waals surface area contributed by atoms with E-state index >= 15 is 0 Å². The number of hydrogen-bond acceptors (Lipinski definition) is 5. The molecule has 0 bridgehead atoms. The highest BCUT2D eigenvalue weighted by Gasteiger charge is 2.22. The van der Waals surface area contributed by atoms with Gasteiger partial charge in [0.1, 0.15) is 5.75 Å². The van der Waals surface area contributed by atoms with Gasteiger partial charge in [-0.1, -0.05) is 0 Å². The van der Waals surface area contributed by atoms with Crippen molar-refractivity contribution in [2.75, 3.05) is 14.2 Å². The molecule has 0 saturated carbocycles. The van der Waals surface area contributed by atoms with E-state index in [2.05, 4.69) is 20.9 Å². The van der Waals surface area contributed by atoms with Crippen molar-refractivity contribution in [3.63, 3.8) is 0 Å². The maximum Gasteiger partial charge on any atom is 0.243 e. The van der Waals surface area contributed by atoms with E-state index in [4.69, 9.17) is 4.74 Å². The smallest absolute Gasteiger partial charge is 0.243 e. The highest BCUT2D eigenvalue weighted by molar-refractivity contribution is 9.10. The summed E-state index contributed by atoms with van der Waals surface area (Å²) in [6.07, 6.45) is 0. The summed E-state index contributed by atoms with van der Waals surface area (Å²) in [6.45, 7) is 0.246. The summed E-state index contributed by atoms with van der Waals surface area (Å²) in [6, 6.07) is 4.68. The van der Waals surface area contributed by atoms with Gasteiger partial charge in [0.05, 0.1) is 34.2 Å². The SMILES string of the molecule is COc1ccc(S(=O)(=O)N(C)Cc2cscn2)cc1Br. The Bertz CT molecular complexity index is 687. The summed E-state index contributed by atoms with van der Waals surface area (Å²) in [5, 5.41) is 1.83. The van der Waals surface area contributed by atoms with Crippen LogP contribution in [0.4, 0.5) is 0 Å². The van der Waals surface area contributed by atoms with Gasteiger partial charge in [-0.3, -0.25) is 0 Å². The Hall–Kier alpha value is -0.960. The lowest BCUT2D eigenvalue weighted by Crippen LogP contribution is -2.26. The molecule has 0 atom stereocenters. The molecule has 0 amide bonds. The zero-order valence-electron chi connectivity index (χ0n) is 10.9. The second kappa shape index (κ2) is 6.21. The minimum absolute atomic E-state index is 0.211. The number of sulfonamides is 1. The largest absolute Gasteiger partial charge is 0.496 e. The molecule has 0 aliphatic carbocycles. The van der Waals surface area contributed by atoms with Crippen LogP contribution < -0.4 is 4.74 Å². The van der Waals surface area contributed by atoms with Crippen LogP contribution in [0.3, 0.4) is 0 Å². The van der Waals surface area contributed by atoms with Crippen molar-refractivity contribution in [1.29, 1.82) is 0 Å². The van der Waals surface area contributed by atoms with E-state index in [-0.39, 0.29) is 11.4 Å². The highest BCUT2D eigenvalue weighted by atomic mass is 79.9. The van der Waals surface area contributed by atoms with Gasteiger partial charge in [0.25, 0.3) is 0 Å². The van der Waals surface area contributed by atoms with Crippen LogP contribution in [-0.4, -0.2) is 31.9 Å². The van der Waals surface area contributed by atoms with Gasteiger partial charge in [0, 0.05) is 12.4 Å². The number of aromatic nitrogens is 1. The van der Waals surface area contributed by atoms with Crippen molar-refractivity contribution < 1.29 is 13.2 Å². The molecule has 2 aromatic rings. The van der Waals surface area contributed by atoms with Gasteiger partial charge < -0.3 is 4.74 Å².